The first-order chi connectivity index (χ1) is 15.2. The zero-order valence-electron chi connectivity index (χ0n) is 18.2. The molecule has 0 saturated carbocycles. The predicted octanol–water partition coefficient (Wildman–Crippen LogP) is 0.325. The van der Waals surface area contributed by atoms with Crippen LogP contribution in [-0.2, 0) is 22.4 Å². The van der Waals surface area contributed by atoms with E-state index in [1.165, 1.54) is 5.56 Å². The molecule has 2 saturated heterocycles. The third-order valence-corrected chi connectivity index (χ3v) is 6.72. The van der Waals surface area contributed by atoms with Crippen molar-refractivity contribution in [3.63, 3.8) is 0 Å². The van der Waals surface area contributed by atoms with Gasteiger partial charge in [-0.3, -0.25) is 9.59 Å². The highest BCUT2D eigenvalue weighted by atomic mass is 16.2. The van der Waals surface area contributed by atoms with Gasteiger partial charge in [-0.15, -0.1) is 0 Å². The summed E-state index contributed by atoms with van der Waals surface area (Å²) in [4.78, 5) is 36.2. The van der Waals surface area contributed by atoms with Gasteiger partial charge >= 0.3 is 0 Å². The van der Waals surface area contributed by atoms with Gasteiger partial charge in [-0.25, -0.2) is 4.98 Å². The van der Waals surface area contributed by atoms with Gasteiger partial charge in [0.05, 0.1) is 24.4 Å². The van der Waals surface area contributed by atoms with Crippen LogP contribution in [-0.4, -0.2) is 88.6 Å². The van der Waals surface area contributed by atoms with Crippen LogP contribution in [0.5, 0.6) is 0 Å². The Kier molecular flexibility index (Phi) is 5.52. The summed E-state index contributed by atoms with van der Waals surface area (Å²) < 4.78 is 1.92. The Balaban J connectivity index is 1.28. The number of carbonyl (C=O) groups is 2. The molecule has 3 aliphatic heterocycles. The van der Waals surface area contributed by atoms with Gasteiger partial charge in [0.15, 0.2) is 5.65 Å². The van der Waals surface area contributed by atoms with E-state index in [0.717, 1.165) is 62.5 Å². The fourth-order valence-electron chi connectivity index (χ4n) is 4.89. The highest BCUT2D eigenvalue weighted by molar-refractivity contribution is 5.88. The molecule has 0 aliphatic carbocycles. The molecule has 0 spiro atoms. The fourth-order valence-corrected chi connectivity index (χ4v) is 4.89. The zero-order valence-corrected chi connectivity index (χ0v) is 18.2. The molecule has 0 bridgehead atoms. The number of fused-ring (bicyclic) bond motifs is 2. The highest BCUT2D eigenvalue weighted by Gasteiger charge is 2.40. The van der Waals surface area contributed by atoms with Crippen molar-refractivity contribution in [3.05, 3.63) is 23.5 Å². The number of carbonyl (C=O) groups excluding carboxylic acids is 2. The van der Waals surface area contributed by atoms with Crippen molar-refractivity contribution in [2.45, 2.75) is 32.6 Å². The van der Waals surface area contributed by atoms with E-state index >= 15 is 0 Å². The summed E-state index contributed by atoms with van der Waals surface area (Å²) in [6.07, 6.45) is 5.70. The average molecular weight is 426 g/mol. The van der Waals surface area contributed by atoms with Crippen molar-refractivity contribution in [1.29, 1.82) is 0 Å². The molecule has 9 nitrogen and oxygen atoms in total. The van der Waals surface area contributed by atoms with Crippen LogP contribution in [0.1, 0.15) is 31.0 Å². The first kappa shape index (κ1) is 20.2. The number of unbranched alkanes of at least 4 members (excludes halogenated alkanes) is 1. The third-order valence-electron chi connectivity index (χ3n) is 6.72. The fraction of sp³-hybridized carbons (Fsp3) is 0.636. The lowest BCUT2D eigenvalue weighted by molar-refractivity contribution is -0.148. The minimum absolute atomic E-state index is 0.0617. The Morgan fingerprint density at radius 2 is 2.06 bits per heavy atom. The molecule has 0 atom stereocenters. The quantitative estimate of drug-likeness (QED) is 0.743. The van der Waals surface area contributed by atoms with Gasteiger partial charge < -0.3 is 20.0 Å². The van der Waals surface area contributed by atoms with Crippen molar-refractivity contribution >= 4 is 23.3 Å². The molecule has 2 aromatic rings. The predicted molar refractivity (Wildman–Crippen MR) is 117 cm³/mol. The van der Waals surface area contributed by atoms with Gasteiger partial charge in [0.2, 0.25) is 11.8 Å². The summed E-state index contributed by atoms with van der Waals surface area (Å²) in [5.74, 6) is 1.21. The van der Waals surface area contributed by atoms with Crippen LogP contribution in [0.2, 0.25) is 0 Å². The Morgan fingerprint density at radius 3 is 2.87 bits per heavy atom. The standard InChI is InChI=1S/C22H31N7O2/c1-2-3-10-26-11-12-27(15-20(26)30)22(31)16-13-28(14-16)21-17-4-7-23-8-5-18(17)25-19-6-9-24-29(19)21/h6,9,16,23H,2-5,7-8,10-15H2,1H3. The molecule has 31 heavy (non-hydrogen) atoms. The molecular formula is C22H31N7O2. The van der Waals surface area contributed by atoms with E-state index < -0.39 is 0 Å². The van der Waals surface area contributed by atoms with Crippen LogP contribution in [0.15, 0.2) is 12.3 Å². The molecule has 3 aliphatic rings. The van der Waals surface area contributed by atoms with Crippen LogP contribution in [0.25, 0.3) is 5.65 Å². The van der Waals surface area contributed by atoms with Gasteiger partial charge in [0.25, 0.3) is 0 Å². The first-order valence-electron chi connectivity index (χ1n) is 11.5. The number of piperazine rings is 1. The molecule has 166 valence electrons. The second kappa shape index (κ2) is 8.45. The third kappa shape index (κ3) is 3.75. The monoisotopic (exact) mass is 425 g/mol. The summed E-state index contributed by atoms with van der Waals surface area (Å²) in [7, 11) is 0. The summed E-state index contributed by atoms with van der Waals surface area (Å²) in [5, 5.41) is 7.96. The molecule has 0 aromatic carbocycles. The Hall–Kier alpha value is -2.68. The van der Waals surface area contributed by atoms with Crippen molar-refractivity contribution in [2.75, 3.05) is 57.3 Å². The molecular weight excluding hydrogens is 394 g/mol. The number of nitrogens with one attached hydrogen (secondary N) is 1. The van der Waals surface area contributed by atoms with E-state index in [-0.39, 0.29) is 24.3 Å². The Bertz CT molecular complexity index is 982. The maximum Gasteiger partial charge on any atom is 0.242 e. The summed E-state index contributed by atoms with van der Waals surface area (Å²) in [6, 6.07) is 1.94. The molecule has 2 aromatic heterocycles. The van der Waals surface area contributed by atoms with Gasteiger partial charge in [-0.05, 0) is 19.4 Å². The van der Waals surface area contributed by atoms with E-state index in [2.05, 4.69) is 22.2 Å². The molecule has 1 N–H and O–H groups in total. The molecule has 5 heterocycles. The van der Waals surface area contributed by atoms with Gasteiger partial charge in [0.1, 0.15) is 5.82 Å². The normalized spacial score (nSPS) is 20.0. The van der Waals surface area contributed by atoms with Gasteiger partial charge in [-0.2, -0.15) is 9.61 Å². The maximum absolute atomic E-state index is 13.1. The summed E-state index contributed by atoms with van der Waals surface area (Å²) in [6.45, 7) is 7.64. The number of aromatic nitrogens is 3. The molecule has 2 fully saturated rings. The van der Waals surface area contributed by atoms with Crippen molar-refractivity contribution in [2.24, 2.45) is 5.92 Å². The van der Waals surface area contributed by atoms with Crippen LogP contribution < -0.4 is 10.2 Å². The van der Waals surface area contributed by atoms with Crippen LogP contribution >= 0.6 is 0 Å². The van der Waals surface area contributed by atoms with E-state index in [1.54, 1.807) is 11.1 Å². The van der Waals surface area contributed by atoms with Crippen LogP contribution in [0.3, 0.4) is 0 Å². The average Bonchev–Trinajstić information content (AvgIpc) is 3.08. The van der Waals surface area contributed by atoms with E-state index in [9.17, 15) is 9.59 Å². The lowest BCUT2D eigenvalue weighted by atomic mass is 9.96. The Labute approximate surface area is 182 Å². The molecule has 2 amide bonds. The lowest BCUT2D eigenvalue weighted by Gasteiger charge is -2.44. The summed E-state index contributed by atoms with van der Waals surface area (Å²) in [5.41, 5.74) is 3.24. The van der Waals surface area contributed by atoms with Gasteiger partial charge in [0, 0.05) is 57.3 Å². The molecule has 0 unspecified atom stereocenters. The van der Waals surface area contributed by atoms with Crippen LogP contribution in [0.4, 0.5) is 5.82 Å². The van der Waals surface area contributed by atoms with Crippen LogP contribution in [0, 0.1) is 5.92 Å². The molecule has 9 heteroatoms. The van der Waals surface area contributed by atoms with Crippen molar-refractivity contribution in [3.8, 4) is 0 Å². The van der Waals surface area contributed by atoms with E-state index in [1.807, 2.05) is 15.5 Å². The highest BCUT2D eigenvalue weighted by Crippen LogP contribution is 2.32. The smallest absolute Gasteiger partial charge is 0.242 e. The summed E-state index contributed by atoms with van der Waals surface area (Å²) >= 11 is 0. The second-order valence-corrected chi connectivity index (χ2v) is 8.81. The molecule has 5 rings (SSSR count). The number of hydrogen-bond acceptors (Lipinski definition) is 6. The molecule has 0 radical (unpaired) electrons. The Morgan fingerprint density at radius 1 is 1.23 bits per heavy atom. The minimum Gasteiger partial charge on any atom is -0.354 e. The van der Waals surface area contributed by atoms with E-state index in [4.69, 9.17) is 4.98 Å². The minimum atomic E-state index is -0.0617. The SMILES string of the molecule is CCCCN1CCN(C(=O)C2CN(c3c4c(nc5ccnn35)CCNCC4)C2)CC1=O. The number of nitrogens with zero attached hydrogens (tertiary/aromatic N) is 6. The van der Waals surface area contributed by atoms with E-state index in [0.29, 0.717) is 26.2 Å². The lowest BCUT2D eigenvalue weighted by Crippen LogP contribution is -2.59. The van der Waals surface area contributed by atoms with Crippen molar-refractivity contribution < 1.29 is 9.59 Å². The van der Waals surface area contributed by atoms with Gasteiger partial charge in [-0.1, -0.05) is 13.3 Å². The van der Waals surface area contributed by atoms with Crippen molar-refractivity contribution in [1.82, 2.24) is 29.7 Å². The first-order valence-corrected chi connectivity index (χ1v) is 11.5. The zero-order chi connectivity index (χ0) is 21.4. The largest absolute Gasteiger partial charge is 0.354 e. The number of anilines is 1. The number of hydrogen-bond donors (Lipinski definition) is 1. The maximum atomic E-state index is 13.1. The number of rotatable bonds is 5. The number of amides is 2. The second-order valence-electron chi connectivity index (χ2n) is 8.81. The topological polar surface area (TPSA) is 86.1 Å².